The van der Waals surface area contributed by atoms with Gasteiger partial charge in [0.15, 0.2) is 0 Å². The van der Waals surface area contributed by atoms with Crippen LogP contribution in [-0.2, 0) is 11.2 Å². The van der Waals surface area contributed by atoms with Gasteiger partial charge in [0.25, 0.3) is 0 Å². The third kappa shape index (κ3) is 4.44. The Kier molecular flexibility index (Phi) is 5.54. The van der Waals surface area contributed by atoms with Crippen molar-refractivity contribution in [3.63, 3.8) is 0 Å². The van der Waals surface area contributed by atoms with E-state index in [0.29, 0.717) is 6.42 Å². The maximum atomic E-state index is 11.7. The number of amides is 1. The molecule has 2 rings (SSSR count). The van der Waals surface area contributed by atoms with Gasteiger partial charge in [-0.15, -0.1) is 22.7 Å². The number of rotatable bonds is 7. The minimum Gasteiger partial charge on any atom is -0.356 e. The summed E-state index contributed by atoms with van der Waals surface area (Å²) >= 11 is 3.28. The standard InChI is InChI=1S/C14H18N2OS2/c1-2-3-4-7-15-13(17)9-11-10-19-14(16-11)12-6-5-8-18-12/h5-6,8,10H,2-4,7,9H2,1H3,(H,15,17). The predicted molar refractivity (Wildman–Crippen MR) is 81.7 cm³/mol. The van der Waals surface area contributed by atoms with Crippen LogP contribution in [0.3, 0.4) is 0 Å². The summed E-state index contributed by atoms with van der Waals surface area (Å²) in [5.41, 5.74) is 0.862. The molecule has 0 aromatic carbocycles. The van der Waals surface area contributed by atoms with E-state index in [9.17, 15) is 4.79 Å². The Bertz CT molecular complexity index is 505. The van der Waals surface area contributed by atoms with Crippen molar-refractivity contribution in [2.24, 2.45) is 0 Å². The molecule has 0 radical (unpaired) electrons. The number of nitrogens with zero attached hydrogens (tertiary/aromatic N) is 1. The molecule has 0 bridgehead atoms. The van der Waals surface area contributed by atoms with Crippen molar-refractivity contribution >= 4 is 28.6 Å². The second-order valence-electron chi connectivity index (χ2n) is 4.36. The second kappa shape index (κ2) is 7.40. The molecule has 0 aliphatic heterocycles. The predicted octanol–water partition coefficient (Wildman–Crippen LogP) is 3.72. The van der Waals surface area contributed by atoms with Crippen molar-refractivity contribution in [1.29, 1.82) is 0 Å². The summed E-state index contributed by atoms with van der Waals surface area (Å²) in [5, 5.41) is 7.95. The zero-order valence-electron chi connectivity index (χ0n) is 11.0. The molecule has 3 nitrogen and oxygen atoms in total. The first kappa shape index (κ1) is 14.2. The summed E-state index contributed by atoms with van der Waals surface area (Å²) in [6, 6.07) is 4.07. The van der Waals surface area contributed by atoms with Crippen LogP contribution in [0.15, 0.2) is 22.9 Å². The van der Waals surface area contributed by atoms with Crippen molar-refractivity contribution in [2.75, 3.05) is 6.54 Å². The van der Waals surface area contributed by atoms with Gasteiger partial charge in [-0.2, -0.15) is 0 Å². The fourth-order valence-corrected chi connectivity index (χ4v) is 3.37. The number of thiophene rings is 1. The first-order valence-corrected chi connectivity index (χ1v) is 8.30. The Morgan fingerprint density at radius 1 is 1.37 bits per heavy atom. The lowest BCUT2D eigenvalue weighted by Crippen LogP contribution is -2.26. The van der Waals surface area contributed by atoms with Crippen molar-refractivity contribution in [3.8, 4) is 9.88 Å². The van der Waals surface area contributed by atoms with Crippen LogP contribution in [-0.4, -0.2) is 17.4 Å². The average Bonchev–Trinajstić information content (AvgIpc) is 3.04. The molecule has 2 aromatic rings. The van der Waals surface area contributed by atoms with E-state index in [0.717, 1.165) is 23.7 Å². The van der Waals surface area contributed by atoms with Crippen LogP contribution < -0.4 is 5.32 Å². The van der Waals surface area contributed by atoms with Crippen LogP contribution in [0.5, 0.6) is 0 Å². The van der Waals surface area contributed by atoms with Crippen molar-refractivity contribution < 1.29 is 4.79 Å². The smallest absolute Gasteiger partial charge is 0.226 e. The van der Waals surface area contributed by atoms with E-state index in [-0.39, 0.29) is 5.91 Å². The van der Waals surface area contributed by atoms with Gasteiger partial charge in [0, 0.05) is 11.9 Å². The molecule has 0 saturated heterocycles. The lowest BCUT2D eigenvalue weighted by Gasteiger charge is -2.02. The lowest BCUT2D eigenvalue weighted by molar-refractivity contribution is -0.120. The molecule has 0 fully saturated rings. The van der Waals surface area contributed by atoms with Gasteiger partial charge in [0.1, 0.15) is 5.01 Å². The highest BCUT2D eigenvalue weighted by Crippen LogP contribution is 2.27. The van der Waals surface area contributed by atoms with Gasteiger partial charge in [0.2, 0.25) is 5.91 Å². The van der Waals surface area contributed by atoms with Crippen LogP contribution >= 0.6 is 22.7 Å². The first-order valence-electron chi connectivity index (χ1n) is 6.54. The first-order chi connectivity index (χ1) is 9.29. The molecule has 0 aliphatic carbocycles. The topological polar surface area (TPSA) is 42.0 Å². The largest absolute Gasteiger partial charge is 0.356 e. The van der Waals surface area contributed by atoms with E-state index in [1.807, 2.05) is 16.8 Å². The summed E-state index contributed by atoms with van der Waals surface area (Å²) in [6.45, 7) is 2.93. The molecule has 5 heteroatoms. The average molecular weight is 294 g/mol. The van der Waals surface area contributed by atoms with Gasteiger partial charge in [-0.05, 0) is 17.9 Å². The van der Waals surface area contributed by atoms with Crippen LogP contribution in [0.2, 0.25) is 0 Å². The van der Waals surface area contributed by atoms with Gasteiger partial charge in [-0.25, -0.2) is 4.98 Å². The van der Waals surface area contributed by atoms with E-state index in [1.165, 1.54) is 17.7 Å². The number of carbonyl (C=O) groups is 1. The van der Waals surface area contributed by atoms with Crippen molar-refractivity contribution in [3.05, 3.63) is 28.6 Å². The summed E-state index contributed by atoms with van der Waals surface area (Å²) in [4.78, 5) is 17.4. The number of thiazole rings is 1. The van der Waals surface area contributed by atoms with E-state index in [1.54, 1.807) is 22.7 Å². The zero-order chi connectivity index (χ0) is 13.5. The molecule has 0 atom stereocenters. The van der Waals surface area contributed by atoms with E-state index < -0.39 is 0 Å². The molecule has 0 aliphatic rings. The van der Waals surface area contributed by atoms with Gasteiger partial charge < -0.3 is 5.32 Å². The SMILES string of the molecule is CCCCCNC(=O)Cc1csc(-c2cccs2)n1. The molecule has 19 heavy (non-hydrogen) atoms. The van der Waals surface area contributed by atoms with Gasteiger partial charge in [-0.1, -0.05) is 25.8 Å². The fraction of sp³-hybridized carbons (Fsp3) is 0.429. The van der Waals surface area contributed by atoms with Gasteiger partial charge in [0.05, 0.1) is 17.0 Å². The molecule has 2 aromatic heterocycles. The number of aromatic nitrogens is 1. The van der Waals surface area contributed by atoms with Gasteiger partial charge in [-0.3, -0.25) is 4.79 Å². The Morgan fingerprint density at radius 2 is 2.26 bits per heavy atom. The number of carbonyl (C=O) groups excluding carboxylic acids is 1. The van der Waals surface area contributed by atoms with Crippen LogP contribution in [0.4, 0.5) is 0 Å². The molecule has 0 unspecified atom stereocenters. The van der Waals surface area contributed by atoms with E-state index in [2.05, 4.69) is 23.3 Å². The molecule has 102 valence electrons. The maximum Gasteiger partial charge on any atom is 0.226 e. The fourth-order valence-electron chi connectivity index (χ4n) is 1.73. The molecule has 2 heterocycles. The number of nitrogens with one attached hydrogen (secondary N) is 1. The normalized spacial score (nSPS) is 10.6. The zero-order valence-corrected chi connectivity index (χ0v) is 12.6. The van der Waals surface area contributed by atoms with Gasteiger partial charge >= 0.3 is 0 Å². The van der Waals surface area contributed by atoms with Crippen LogP contribution in [0.1, 0.15) is 31.9 Å². The lowest BCUT2D eigenvalue weighted by atomic mass is 10.2. The highest BCUT2D eigenvalue weighted by atomic mass is 32.1. The minimum atomic E-state index is 0.0686. The molecular weight excluding hydrogens is 276 g/mol. The summed E-state index contributed by atoms with van der Waals surface area (Å²) in [5.74, 6) is 0.0686. The van der Waals surface area contributed by atoms with Crippen molar-refractivity contribution in [2.45, 2.75) is 32.6 Å². The van der Waals surface area contributed by atoms with Crippen LogP contribution in [0.25, 0.3) is 9.88 Å². The highest BCUT2D eigenvalue weighted by molar-refractivity contribution is 7.20. The third-order valence-electron chi connectivity index (χ3n) is 2.73. The summed E-state index contributed by atoms with van der Waals surface area (Å²) in [6.07, 6.45) is 3.78. The number of hydrogen-bond donors (Lipinski definition) is 1. The number of hydrogen-bond acceptors (Lipinski definition) is 4. The molecule has 0 spiro atoms. The number of unbranched alkanes of at least 4 members (excludes halogenated alkanes) is 2. The summed E-state index contributed by atoms with van der Waals surface area (Å²) in [7, 11) is 0. The Balaban J connectivity index is 1.81. The van der Waals surface area contributed by atoms with E-state index in [4.69, 9.17) is 0 Å². The quantitative estimate of drug-likeness (QED) is 0.791. The molecule has 1 amide bonds. The molecular formula is C14H18N2OS2. The Hall–Kier alpha value is -1.20. The molecule has 0 saturated carbocycles. The second-order valence-corrected chi connectivity index (χ2v) is 6.16. The van der Waals surface area contributed by atoms with Crippen molar-refractivity contribution in [1.82, 2.24) is 10.3 Å². The minimum absolute atomic E-state index is 0.0686. The van der Waals surface area contributed by atoms with Crippen LogP contribution in [0, 0.1) is 0 Å². The monoisotopic (exact) mass is 294 g/mol. The summed E-state index contributed by atoms with van der Waals surface area (Å²) < 4.78 is 0. The maximum absolute atomic E-state index is 11.7. The van der Waals surface area contributed by atoms with E-state index >= 15 is 0 Å². The molecule has 1 N–H and O–H groups in total. The highest BCUT2D eigenvalue weighted by Gasteiger charge is 2.09. The Morgan fingerprint density at radius 3 is 3.00 bits per heavy atom. The third-order valence-corrected chi connectivity index (χ3v) is 4.66. The Labute approximate surface area is 121 Å².